The number of carbonyl (C=O) groups is 3. The van der Waals surface area contributed by atoms with Gasteiger partial charge in [0.05, 0.1) is 27.5 Å². The molecule has 3 atom stereocenters. The van der Waals surface area contributed by atoms with Gasteiger partial charge in [-0.1, -0.05) is 133 Å². The standard InChI is InChI=1S/C63H57ClN6O11S2/c1-40(52-32-53(71)54(78-35-41-20-26-48(75-2)27-21-41)34-69(52)80-37-43-24-30-50(77-4)31-25-43)81-68-55(51-39-83-62(65-51)67-63(45-14-8-5-9-15-45,46-16-10-6-11-17-46)47-18-12-7-13-19-47)58(72)66-56-59(73)70-57(44(33-64)38-82-60(56)70)61(74)79-36-42-22-28-49(76-3)29-23-42/h5-32,34,39-40,56,60H,33,35-38H2,1-4H3,(H,65,67)(H,66,72)/b68-55-/t40?,56-,60-/m1/s1. The van der Waals surface area contributed by atoms with Gasteiger partial charge >= 0.3 is 5.97 Å². The smallest absolute Gasteiger partial charge is 0.355 e. The monoisotopic (exact) mass is 1170 g/mol. The van der Waals surface area contributed by atoms with Gasteiger partial charge in [-0.15, -0.1) is 34.7 Å². The first-order chi connectivity index (χ1) is 40.5. The highest BCUT2D eigenvalue weighted by Gasteiger charge is 2.55. The van der Waals surface area contributed by atoms with Crippen LogP contribution in [0.5, 0.6) is 23.0 Å². The number of rotatable bonds is 24. The van der Waals surface area contributed by atoms with Gasteiger partial charge in [-0.25, -0.2) is 9.78 Å². The number of amides is 2. The van der Waals surface area contributed by atoms with Gasteiger partial charge in [0.2, 0.25) is 5.43 Å². The summed E-state index contributed by atoms with van der Waals surface area (Å²) in [5, 5.41) is 12.5. The van der Waals surface area contributed by atoms with E-state index in [1.807, 2.05) is 115 Å². The molecule has 8 aromatic rings. The molecule has 1 fully saturated rings. The van der Waals surface area contributed by atoms with Crippen LogP contribution >= 0.6 is 34.7 Å². The van der Waals surface area contributed by atoms with E-state index in [1.54, 1.807) is 82.2 Å². The molecule has 2 aliphatic rings. The van der Waals surface area contributed by atoms with E-state index in [0.29, 0.717) is 39.3 Å². The number of aromatic nitrogens is 2. The lowest BCUT2D eigenvalue weighted by atomic mass is 9.77. The Morgan fingerprint density at radius 3 is 1.80 bits per heavy atom. The molecule has 6 aromatic carbocycles. The van der Waals surface area contributed by atoms with Crippen LogP contribution in [0.1, 0.15) is 57.8 Å². The summed E-state index contributed by atoms with van der Waals surface area (Å²) in [7, 11) is 4.72. The number of nitrogens with zero attached hydrogens (tertiary/aromatic N) is 4. The number of hydrogen-bond acceptors (Lipinski definition) is 16. The molecule has 20 heteroatoms. The maximum atomic E-state index is 15.0. The molecular weight excluding hydrogens is 1120 g/mol. The maximum absolute atomic E-state index is 15.0. The second kappa shape index (κ2) is 26.3. The third kappa shape index (κ3) is 12.7. The lowest BCUT2D eigenvalue weighted by Crippen LogP contribution is -2.71. The number of benzene rings is 6. The molecule has 83 heavy (non-hydrogen) atoms. The summed E-state index contributed by atoms with van der Waals surface area (Å²) < 4.78 is 29.1. The fraction of sp³-hybridized carbons (Fsp3) is 0.206. The summed E-state index contributed by atoms with van der Waals surface area (Å²) >= 11 is 8.96. The zero-order chi connectivity index (χ0) is 57.9. The number of thiazole rings is 1. The van der Waals surface area contributed by atoms with Crippen molar-refractivity contribution < 1.29 is 47.7 Å². The third-order valence-electron chi connectivity index (χ3n) is 13.9. The van der Waals surface area contributed by atoms with Crippen LogP contribution in [-0.2, 0) is 49.3 Å². The number of hydrogen-bond donors (Lipinski definition) is 2. The number of ether oxygens (including phenoxy) is 5. The summed E-state index contributed by atoms with van der Waals surface area (Å²) in [6.45, 7) is 1.70. The Labute approximate surface area is 492 Å². The van der Waals surface area contributed by atoms with Crippen molar-refractivity contribution in [1.29, 1.82) is 0 Å². The number of fused-ring (bicyclic) bond motifs is 1. The second-order valence-electron chi connectivity index (χ2n) is 19.1. The quantitative estimate of drug-likeness (QED) is 0.0145. The summed E-state index contributed by atoms with van der Waals surface area (Å²) in [6, 6.07) is 51.7. The Kier molecular flexibility index (Phi) is 18.1. The molecule has 4 heterocycles. The summed E-state index contributed by atoms with van der Waals surface area (Å²) in [5.74, 6) is 0.148. The zero-order valence-corrected chi connectivity index (χ0v) is 48.0. The van der Waals surface area contributed by atoms with Gasteiger partial charge in [-0.3, -0.25) is 19.3 Å². The Bertz CT molecular complexity index is 3580. The van der Waals surface area contributed by atoms with Crippen LogP contribution in [0.4, 0.5) is 5.13 Å². The minimum atomic E-state index is -1.11. The van der Waals surface area contributed by atoms with E-state index >= 15 is 4.79 Å². The molecule has 17 nitrogen and oxygen atoms in total. The van der Waals surface area contributed by atoms with E-state index in [1.165, 1.54) is 45.0 Å². The number of carbonyl (C=O) groups excluding carboxylic acids is 3. The van der Waals surface area contributed by atoms with E-state index in [9.17, 15) is 14.4 Å². The number of nitrogens with one attached hydrogen (secondary N) is 2. The molecule has 0 saturated carbocycles. The molecule has 0 bridgehead atoms. The van der Waals surface area contributed by atoms with Gasteiger partial charge in [0.15, 0.2) is 22.7 Å². The summed E-state index contributed by atoms with van der Waals surface area (Å²) in [5.41, 5.74) is 4.18. The van der Waals surface area contributed by atoms with Crippen LogP contribution in [0.25, 0.3) is 0 Å². The largest absolute Gasteiger partial charge is 0.497 e. The van der Waals surface area contributed by atoms with Crippen molar-refractivity contribution in [3.63, 3.8) is 0 Å². The fourth-order valence-electron chi connectivity index (χ4n) is 9.47. The van der Waals surface area contributed by atoms with Crippen LogP contribution in [0.2, 0.25) is 0 Å². The topological polar surface area (TPSA) is 190 Å². The molecule has 2 aliphatic heterocycles. The number of pyridine rings is 1. The van der Waals surface area contributed by atoms with E-state index in [2.05, 4.69) is 15.8 Å². The Morgan fingerprint density at radius 2 is 1.27 bits per heavy atom. The van der Waals surface area contributed by atoms with Crippen molar-refractivity contribution in [3.05, 3.63) is 248 Å². The first-order valence-corrected chi connectivity index (χ1v) is 28.7. The molecule has 1 saturated heterocycles. The van der Waals surface area contributed by atoms with E-state index in [4.69, 9.17) is 49.9 Å². The second-order valence-corrected chi connectivity index (χ2v) is 21.3. The molecule has 0 radical (unpaired) electrons. The highest BCUT2D eigenvalue weighted by atomic mass is 35.5. The van der Waals surface area contributed by atoms with Gasteiger partial charge < -0.3 is 44.0 Å². The molecular formula is C63H57ClN6O11S2. The van der Waals surface area contributed by atoms with Crippen molar-refractivity contribution in [2.45, 2.75) is 49.8 Å². The van der Waals surface area contributed by atoms with Crippen molar-refractivity contribution in [2.24, 2.45) is 5.16 Å². The predicted octanol–water partition coefficient (Wildman–Crippen LogP) is 10.1. The minimum Gasteiger partial charge on any atom is -0.497 e. The highest BCUT2D eigenvalue weighted by molar-refractivity contribution is 8.00. The number of halogens is 1. The third-order valence-corrected chi connectivity index (χ3v) is 16.3. The maximum Gasteiger partial charge on any atom is 0.355 e. The van der Waals surface area contributed by atoms with Gasteiger partial charge in [0.25, 0.3) is 11.8 Å². The van der Waals surface area contributed by atoms with Gasteiger partial charge in [0.1, 0.15) is 71.1 Å². The van der Waals surface area contributed by atoms with Crippen LogP contribution in [-0.4, -0.2) is 82.5 Å². The summed E-state index contributed by atoms with van der Waals surface area (Å²) in [4.78, 5) is 76.0. The zero-order valence-electron chi connectivity index (χ0n) is 45.6. The van der Waals surface area contributed by atoms with Gasteiger partial charge in [-0.05, 0) is 82.3 Å². The molecule has 10 rings (SSSR count). The summed E-state index contributed by atoms with van der Waals surface area (Å²) in [6.07, 6.45) is 0.373. The predicted molar refractivity (Wildman–Crippen MR) is 318 cm³/mol. The molecule has 424 valence electrons. The molecule has 2 amide bonds. The number of anilines is 1. The number of alkyl halides is 1. The number of esters is 1. The molecule has 2 N–H and O–H groups in total. The Morgan fingerprint density at radius 1 is 0.735 bits per heavy atom. The Balaban J connectivity index is 0.976. The first kappa shape index (κ1) is 57.2. The Hall–Kier alpha value is -9.04. The van der Waals surface area contributed by atoms with Gasteiger partial charge in [-0.2, -0.15) is 4.73 Å². The molecule has 2 aromatic heterocycles. The molecule has 0 spiro atoms. The minimum absolute atomic E-state index is 0.00313. The van der Waals surface area contributed by atoms with E-state index in [-0.39, 0.29) is 54.2 Å². The molecule has 1 unspecified atom stereocenters. The van der Waals surface area contributed by atoms with Crippen LogP contribution in [0, 0.1) is 0 Å². The molecule has 0 aliphatic carbocycles. The number of thioether (sulfide) groups is 1. The van der Waals surface area contributed by atoms with Crippen LogP contribution in [0.3, 0.4) is 0 Å². The van der Waals surface area contributed by atoms with E-state index in [0.717, 1.165) is 27.8 Å². The lowest BCUT2D eigenvalue weighted by molar-refractivity contribution is -0.153. The van der Waals surface area contributed by atoms with Crippen molar-refractivity contribution >= 4 is 63.3 Å². The van der Waals surface area contributed by atoms with Crippen molar-refractivity contribution in [2.75, 3.05) is 38.3 Å². The van der Waals surface area contributed by atoms with Crippen LogP contribution < -0.4 is 39.8 Å². The van der Waals surface area contributed by atoms with Crippen LogP contribution in [0.15, 0.2) is 203 Å². The van der Waals surface area contributed by atoms with Crippen molar-refractivity contribution in [1.82, 2.24) is 19.9 Å². The average Bonchev–Trinajstić information content (AvgIpc) is 2.25. The number of methoxy groups -OCH3 is 3. The average molecular weight is 1170 g/mol. The van der Waals surface area contributed by atoms with Gasteiger partial charge in [0, 0.05) is 23.1 Å². The SMILES string of the molecule is COc1ccc(COC(=O)C2=C(CCl)CS[C@@H]3[C@H](NC(=O)/C(=N\OC(C)c4cc(=O)c(OCc5ccc(OC)cc5)cn4OCc4ccc(OC)cc4)c4csc(NC(c5ccccc5)(c5ccccc5)c5ccccc5)n4)C(=O)N23)cc1. The van der Waals surface area contributed by atoms with E-state index < -0.39 is 46.3 Å². The van der Waals surface area contributed by atoms with Crippen molar-refractivity contribution in [3.8, 4) is 23.0 Å². The lowest BCUT2D eigenvalue weighted by Gasteiger charge is -2.49. The fourth-order valence-corrected chi connectivity index (χ4v) is 11.9. The number of β-lactam (4-membered cyclic amide) rings is 1. The first-order valence-electron chi connectivity index (χ1n) is 26.3. The number of oxime groups is 1. The normalized spacial score (nSPS) is 15.3. The highest BCUT2D eigenvalue weighted by Crippen LogP contribution is 2.43.